The van der Waals surface area contributed by atoms with Gasteiger partial charge in [0.1, 0.15) is 11.4 Å². The molecule has 3 rings (SSSR count). The van der Waals surface area contributed by atoms with Gasteiger partial charge >= 0.3 is 12.2 Å². The van der Waals surface area contributed by atoms with Gasteiger partial charge in [0.25, 0.3) is 0 Å². The summed E-state index contributed by atoms with van der Waals surface area (Å²) < 4.78 is 55.5. The number of pyridine rings is 1. The molecule has 3 aromatic rings. The van der Waals surface area contributed by atoms with Crippen LogP contribution in [0.5, 0.6) is 0 Å². The number of aromatic nitrogens is 1. The first kappa shape index (κ1) is 26.8. The number of alkyl halides is 3. The summed E-state index contributed by atoms with van der Waals surface area (Å²) in [5, 5.41) is 6.04. The summed E-state index contributed by atoms with van der Waals surface area (Å²) in [6.07, 6.45) is -3.64. The number of hydrogen-bond acceptors (Lipinski definition) is 2. The minimum Gasteiger partial charge on any atom is -0.336 e. The molecule has 0 saturated carbocycles. The molecule has 1 aromatic heterocycles. The first-order valence-electron chi connectivity index (χ1n) is 10.6. The largest absolute Gasteiger partial charge is 0.416 e. The second-order valence-corrected chi connectivity index (χ2v) is 9.36. The van der Waals surface area contributed by atoms with Crippen LogP contribution >= 0.6 is 23.2 Å². The summed E-state index contributed by atoms with van der Waals surface area (Å²) >= 11 is 12.5. The Morgan fingerprint density at radius 2 is 1.71 bits per heavy atom. The van der Waals surface area contributed by atoms with Gasteiger partial charge in [0.15, 0.2) is 0 Å². The highest BCUT2D eigenvalue weighted by atomic mass is 35.5. The van der Waals surface area contributed by atoms with E-state index in [1.54, 1.807) is 32.0 Å². The quantitative estimate of drug-likeness (QED) is 0.337. The van der Waals surface area contributed by atoms with Crippen molar-refractivity contribution in [2.75, 3.05) is 0 Å². The molecule has 0 unspecified atom stereocenters. The van der Waals surface area contributed by atoms with Gasteiger partial charge in [-0.05, 0) is 73.9 Å². The van der Waals surface area contributed by atoms with Crippen LogP contribution in [-0.4, -0.2) is 17.1 Å². The van der Waals surface area contributed by atoms with Crippen molar-refractivity contribution in [3.63, 3.8) is 0 Å². The lowest BCUT2D eigenvalue weighted by atomic mass is 9.79. The number of nitrogens with one attached hydrogen (secondary N) is 2. The minimum absolute atomic E-state index is 0.118. The smallest absolute Gasteiger partial charge is 0.336 e. The zero-order chi connectivity index (χ0) is 26.0. The minimum atomic E-state index is -4.82. The highest BCUT2D eigenvalue weighted by Gasteiger charge is 2.41. The Bertz CT molecular complexity index is 1220. The summed E-state index contributed by atoms with van der Waals surface area (Å²) in [5.74, 6) is -1.12. The summed E-state index contributed by atoms with van der Waals surface area (Å²) in [6, 6.07) is 9.32. The van der Waals surface area contributed by atoms with Gasteiger partial charge in [-0.15, -0.1) is 0 Å². The first-order chi connectivity index (χ1) is 16.3. The lowest BCUT2D eigenvalue weighted by Gasteiger charge is -2.36. The van der Waals surface area contributed by atoms with E-state index in [4.69, 9.17) is 23.2 Å². The van der Waals surface area contributed by atoms with E-state index in [9.17, 15) is 22.4 Å². The zero-order valence-corrected chi connectivity index (χ0v) is 20.6. The Morgan fingerprint density at radius 1 is 1.03 bits per heavy atom. The van der Waals surface area contributed by atoms with Gasteiger partial charge in [-0.25, -0.2) is 9.18 Å². The van der Waals surface area contributed by atoms with Gasteiger partial charge in [-0.1, -0.05) is 35.3 Å². The van der Waals surface area contributed by atoms with Gasteiger partial charge in [0.05, 0.1) is 16.3 Å². The molecule has 4 nitrogen and oxygen atoms in total. The van der Waals surface area contributed by atoms with Crippen molar-refractivity contribution in [1.82, 2.24) is 15.6 Å². The highest BCUT2D eigenvalue weighted by Crippen LogP contribution is 2.39. The van der Waals surface area contributed by atoms with Gasteiger partial charge in [-0.2, -0.15) is 13.2 Å². The number of aryl methyl sites for hydroxylation is 1. The molecule has 1 atom stereocenters. The molecule has 0 aliphatic heterocycles. The summed E-state index contributed by atoms with van der Waals surface area (Å²) in [4.78, 5) is 17.3. The summed E-state index contributed by atoms with van der Waals surface area (Å²) in [5.41, 5.74) is -1.57. The number of rotatable bonds is 6. The van der Waals surface area contributed by atoms with Crippen LogP contribution in [0.1, 0.15) is 41.8 Å². The number of carbonyl (C=O) groups excluding carboxylic acids is 1. The average Bonchev–Trinajstić information content (AvgIpc) is 2.74. The van der Waals surface area contributed by atoms with E-state index in [1.807, 2.05) is 6.92 Å². The Labute approximate surface area is 210 Å². The fourth-order valence-corrected chi connectivity index (χ4v) is 4.14. The van der Waals surface area contributed by atoms with E-state index in [1.165, 1.54) is 18.3 Å². The third-order valence-electron chi connectivity index (χ3n) is 5.29. The van der Waals surface area contributed by atoms with Crippen molar-refractivity contribution in [3.05, 3.63) is 98.5 Å². The molecule has 0 saturated heterocycles. The lowest BCUT2D eigenvalue weighted by Crippen LogP contribution is -2.53. The van der Waals surface area contributed by atoms with Crippen LogP contribution in [0.25, 0.3) is 0 Å². The molecule has 35 heavy (non-hydrogen) atoms. The second kappa shape index (κ2) is 10.4. The van der Waals surface area contributed by atoms with Gasteiger partial charge in [0, 0.05) is 23.7 Å². The predicted molar refractivity (Wildman–Crippen MR) is 128 cm³/mol. The predicted octanol–water partition coefficient (Wildman–Crippen LogP) is 7.05. The number of nitrogens with zero attached hydrogens (tertiary/aromatic N) is 1. The molecule has 0 radical (unpaired) electrons. The molecule has 0 spiro atoms. The van der Waals surface area contributed by atoms with E-state index in [2.05, 4.69) is 15.6 Å². The molecule has 0 fully saturated rings. The third-order valence-corrected chi connectivity index (χ3v) is 5.87. The molecular weight excluding hydrogens is 505 g/mol. The SMILES string of the molecule is Cc1ccc(C[C@@](NC(=O)NC(C)C)(c2cc(F)cc(C(F)(F)F)c2)c2ccc(Cl)cn2)c(Cl)c1. The van der Waals surface area contributed by atoms with Gasteiger partial charge < -0.3 is 10.6 Å². The van der Waals surface area contributed by atoms with Crippen LogP contribution in [0, 0.1) is 12.7 Å². The molecule has 10 heteroatoms. The summed E-state index contributed by atoms with van der Waals surface area (Å²) in [6.45, 7) is 5.28. The van der Waals surface area contributed by atoms with Crippen molar-refractivity contribution in [2.45, 2.75) is 44.9 Å². The maximum Gasteiger partial charge on any atom is 0.416 e. The van der Waals surface area contributed by atoms with Gasteiger partial charge in [0.2, 0.25) is 0 Å². The second-order valence-electron chi connectivity index (χ2n) is 8.52. The standard InChI is InChI=1S/C25H23Cl2F4N3O/c1-14(2)33-23(35)34-24(22-7-6-19(26)13-32-22,12-16-5-4-15(3)8-21(16)27)17-9-18(25(29,30)31)11-20(28)10-17/h4-11,13-14H,12H2,1-3H3,(H2,33,34,35)/t24-/m1/s1. The van der Waals surface area contributed by atoms with E-state index < -0.39 is 29.1 Å². The van der Waals surface area contributed by atoms with Crippen molar-refractivity contribution in [1.29, 1.82) is 0 Å². The average molecular weight is 528 g/mol. The van der Waals surface area contributed by atoms with Crippen LogP contribution in [0.15, 0.2) is 54.7 Å². The van der Waals surface area contributed by atoms with Crippen molar-refractivity contribution < 1.29 is 22.4 Å². The van der Waals surface area contributed by atoms with Crippen LogP contribution in [0.3, 0.4) is 0 Å². The molecule has 2 aromatic carbocycles. The van der Waals surface area contributed by atoms with E-state index in [0.29, 0.717) is 16.7 Å². The lowest BCUT2D eigenvalue weighted by molar-refractivity contribution is -0.137. The van der Waals surface area contributed by atoms with E-state index in [0.717, 1.165) is 17.7 Å². The topological polar surface area (TPSA) is 54.0 Å². The number of urea groups is 1. The molecule has 0 aliphatic rings. The molecule has 0 bridgehead atoms. The Morgan fingerprint density at radius 3 is 2.29 bits per heavy atom. The third kappa shape index (κ3) is 6.44. The Kier molecular flexibility index (Phi) is 7.97. The van der Waals surface area contributed by atoms with Crippen LogP contribution in [-0.2, 0) is 18.1 Å². The highest BCUT2D eigenvalue weighted by molar-refractivity contribution is 6.31. The number of halogens is 6. The maximum absolute atomic E-state index is 14.6. The Hall–Kier alpha value is -2.84. The van der Waals surface area contributed by atoms with Crippen molar-refractivity contribution in [2.24, 2.45) is 0 Å². The molecule has 2 N–H and O–H groups in total. The van der Waals surface area contributed by atoms with E-state index >= 15 is 0 Å². The van der Waals surface area contributed by atoms with Crippen molar-refractivity contribution in [3.8, 4) is 0 Å². The zero-order valence-electron chi connectivity index (χ0n) is 19.1. The monoisotopic (exact) mass is 527 g/mol. The van der Waals surface area contributed by atoms with Crippen LogP contribution in [0.4, 0.5) is 22.4 Å². The molecular formula is C25H23Cl2F4N3O. The number of hydrogen-bond donors (Lipinski definition) is 2. The summed E-state index contributed by atoms with van der Waals surface area (Å²) in [7, 11) is 0. The van der Waals surface area contributed by atoms with Crippen LogP contribution in [0.2, 0.25) is 10.0 Å². The Balaban J connectivity index is 2.33. The molecule has 186 valence electrons. The molecule has 2 amide bonds. The number of carbonyl (C=O) groups is 1. The van der Waals surface area contributed by atoms with Crippen molar-refractivity contribution >= 4 is 29.2 Å². The maximum atomic E-state index is 14.6. The van der Waals surface area contributed by atoms with Crippen LogP contribution < -0.4 is 10.6 Å². The number of amides is 2. The van der Waals surface area contributed by atoms with Gasteiger partial charge in [-0.3, -0.25) is 4.98 Å². The van der Waals surface area contributed by atoms with E-state index in [-0.39, 0.29) is 28.7 Å². The molecule has 0 aliphatic carbocycles. The number of benzene rings is 2. The fraction of sp³-hybridized carbons (Fsp3) is 0.280. The molecule has 1 heterocycles. The normalized spacial score (nSPS) is 13.4. The fourth-order valence-electron chi connectivity index (χ4n) is 3.72. The first-order valence-corrected chi connectivity index (χ1v) is 11.4.